The van der Waals surface area contributed by atoms with Gasteiger partial charge in [-0.3, -0.25) is 4.90 Å². The number of anilines is 2. The number of fused-ring (bicyclic) bond motifs is 1. The Hall–Kier alpha value is -2.57. The van der Waals surface area contributed by atoms with Crippen LogP contribution in [0.1, 0.15) is 16.8 Å². The monoisotopic (exact) mass is 782 g/mol. The molecule has 0 aliphatic carbocycles. The first-order chi connectivity index (χ1) is 24.7. The van der Waals surface area contributed by atoms with Crippen molar-refractivity contribution in [2.45, 2.75) is 13.1 Å². The minimum absolute atomic E-state index is 0. The Morgan fingerprint density at radius 2 is 1.88 bits per heavy atom. The van der Waals surface area contributed by atoms with Gasteiger partial charge in [0.05, 0.1) is 36.1 Å². The van der Waals surface area contributed by atoms with E-state index in [4.69, 9.17) is 26.2 Å². The van der Waals surface area contributed by atoms with Crippen LogP contribution in [0.15, 0.2) is 83.5 Å². The van der Waals surface area contributed by atoms with Gasteiger partial charge < -0.3 is 38.1 Å². The summed E-state index contributed by atoms with van der Waals surface area (Å²) < 4.78 is 102. The fraction of sp³-hybridized carbons (Fsp3) is 0.194. The van der Waals surface area contributed by atoms with Crippen molar-refractivity contribution in [3.8, 4) is 17.1 Å². The quantitative estimate of drug-likeness (QED) is 0.0803. The number of phosphoric ester groups is 1. The third-order valence-electron chi connectivity index (χ3n) is 6.29. The van der Waals surface area contributed by atoms with Crippen molar-refractivity contribution in [3.63, 3.8) is 0 Å². The van der Waals surface area contributed by atoms with E-state index < -0.39 is 60.9 Å². The number of nitrogens with one attached hydrogen (secondary N) is 1. The number of ether oxygens (including phenoxy) is 2. The van der Waals surface area contributed by atoms with Gasteiger partial charge in [-0.05, 0) is 66.2 Å². The first kappa shape index (κ1) is 36.8. The number of phosphoric acid groups is 1. The molecule has 0 bridgehead atoms. The number of carbonyl (C=O) groups excluding carboxylic acids is 1. The Morgan fingerprint density at radius 1 is 1.10 bits per heavy atom. The normalized spacial score (nSPS) is 13.0. The second kappa shape index (κ2) is 19.0. The number of hydrogen-bond acceptors (Lipinski definition) is 13. The van der Waals surface area contributed by atoms with Crippen molar-refractivity contribution >= 4 is 57.8 Å². The number of halogens is 2. The van der Waals surface area contributed by atoms with Crippen LogP contribution in [-0.2, 0) is 36.8 Å². The molecule has 0 radical (unpaired) electrons. The van der Waals surface area contributed by atoms with Gasteiger partial charge in [0, 0.05) is 29.4 Å². The standard InChI is InChI=1S/C31H29ClFN4O10PS.2Na/c1-49(42,43)12-11-37(31(38)45-19-46-48(39,40)41)16-24-7-10-28(47-24)21-5-8-27-25(14-21)30(35-18-34-27)36-23-6-9-29(26(32)15-23)44-17-20-3-2-4-22(33)13-20;;/h2-10,13-15,18H,11-12,16-17,19H2,1H3,(H,34,35,36)(H2,39,40,41);;/q;2*+1/p-2/i11D2,16D2;;. The molecule has 1 amide bonds. The molecule has 3 aromatic carbocycles. The SMILES string of the molecule is [2H]C([2H])(CS(C)(=O)=O)N(C(=O)OCOP(=O)([O-])[O-])C([2H])([2H])c1ccc(-c2ccc3ncnc(Nc4ccc(OCc5cccc(F)c5)c(Cl)c4)c3c2)o1.[Na+].[Na+]. The van der Waals surface area contributed by atoms with Crippen LogP contribution in [0.2, 0.25) is 5.02 Å². The van der Waals surface area contributed by atoms with Gasteiger partial charge in [0.1, 0.15) is 51.7 Å². The Morgan fingerprint density at radius 3 is 2.59 bits per heavy atom. The molecule has 0 atom stereocenters. The molecule has 20 heteroatoms. The Balaban J connectivity index is 0.00000406. The number of aromatic nitrogens is 2. The molecule has 2 heterocycles. The Kier molecular flexibility index (Phi) is 13.7. The van der Waals surface area contributed by atoms with E-state index in [0.29, 0.717) is 45.5 Å². The van der Waals surface area contributed by atoms with Gasteiger partial charge >= 0.3 is 65.2 Å². The summed E-state index contributed by atoms with van der Waals surface area (Å²) in [6, 6.07) is 18.0. The van der Waals surface area contributed by atoms with E-state index in [-0.39, 0.29) is 81.4 Å². The number of rotatable bonds is 14. The second-order valence-electron chi connectivity index (χ2n) is 10.1. The number of sulfone groups is 1. The molecule has 0 saturated carbocycles. The minimum Gasteiger partial charge on any atom is -0.790 e. The number of amides is 1. The maximum atomic E-state index is 13.5. The number of hydrogen-bond donors (Lipinski definition) is 1. The zero-order valence-electron chi connectivity index (χ0n) is 31.2. The van der Waals surface area contributed by atoms with E-state index in [1.807, 2.05) is 0 Å². The fourth-order valence-corrected chi connectivity index (χ4v) is 4.91. The van der Waals surface area contributed by atoms with Crippen molar-refractivity contribution in [1.29, 1.82) is 0 Å². The van der Waals surface area contributed by atoms with E-state index >= 15 is 0 Å². The smallest absolute Gasteiger partial charge is 0.790 e. The number of furan rings is 1. The van der Waals surface area contributed by atoms with Gasteiger partial charge in [-0.15, -0.1) is 0 Å². The molecule has 0 aliphatic heterocycles. The summed E-state index contributed by atoms with van der Waals surface area (Å²) in [5.41, 5.74) is 1.96. The van der Waals surface area contributed by atoms with Crippen molar-refractivity contribution < 1.29 is 115 Å². The molecule has 0 unspecified atom stereocenters. The third kappa shape index (κ3) is 13.1. The molecule has 0 fully saturated rings. The zero-order chi connectivity index (χ0) is 38.8. The molecular formula is C31H27ClFN4Na2O10PS. The van der Waals surface area contributed by atoms with Crippen LogP contribution < -0.4 is 79.0 Å². The van der Waals surface area contributed by atoms with Crippen molar-refractivity contribution in [2.24, 2.45) is 0 Å². The van der Waals surface area contributed by atoms with Crippen molar-refractivity contribution in [3.05, 3.63) is 101 Å². The molecular weight excluding hydrogens is 752 g/mol. The average molecular weight is 783 g/mol. The summed E-state index contributed by atoms with van der Waals surface area (Å²) in [7, 11) is -9.84. The summed E-state index contributed by atoms with van der Waals surface area (Å²) in [6.45, 7) is -8.01. The average Bonchev–Trinajstić information content (AvgIpc) is 3.54. The first-order valence-corrected chi connectivity index (χ1v) is 17.7. The Bertz CT molecular complexity index is 2330. The second-order valence-corrected chi connectivity index (χ2v) is 13.8. The summed E-state index contributed by atoms with van der Waals surface area (Å²) in [5, 5.41) is 3.87. The maximum absolute atomic E-state index is 13.5. The van der Waals surface area contributed by atoms with E-state index in [0.717, 1.165) is 6.07 Å². The van der Waals surface area contributed by atoms with Crippen LogP contribution in [0.5, 0.6) is 5.75 Å². The fourth-order valence-electron chi connectivity index (χ4n) is 4.13. The van der Waals surface area contributed by atoms with Crippen LogP contribution in [0.4, 0.5) is 20.7 Å². The molecule has 2 aromatic heterocycles. The summed E-state index contributed by atoms with van der Waals surface area (Å²) in [6.07, 6.45) is 0.0586. The predicted molar refractivity (Wildman–Crippen MR) is 173 cm³/mol. The number of carbonyl (C=O) groups is 1. The van der Waals surface area contributed by atoms with Gasteiger partial charge in [0.25, 0.3) is 0 Å². The van der Waals surface area contributed by atoms with Gasteiger partial charge in [0.15, 0.2) is 6.79 Å². The molecule has 258 valence electrons. The van der Waals surface area contributed by atoms with Crippen molar-refractivity contribution in [1.82, 2.24) is 14.9 Å². The topological polar surface area (TPSA) is 196 Å². The van der Waals surface area contributed by atoms with E-state index in [9.17, 15) is 32.0 Å². The van der Waals surface area contributed by atoms with Gasteiger partial charge in [0.2, 0.25) is 0 Å². The predicted octanol–water partition coefficient (Wildman–Crippen LogP) is -1.20. The third-order valence-corrected chi connectivity index (χ3v) is 7.66. The van der Waals surface area contributed by atoms with Crippen LogP contribution >= 0.6 is 19.4 Å². The van der Waals surface area contributed by atoms with E-state index in [2.05, 4.69) is 24.5 Å². The first-order valence-electron chi connectivity index (χ1n) is 15.8. The number of benzene rings is 3. The molecule has 0 spiro atoms. The summed E-state index contributed by atoms with van der Waals surface area (Å²) in [4.78, 5) is 42.8. The maximum Gasteiger partial charge on any atom is 1.00 e. The van der Waals surface area contributed by atoms with Crippen LogP contribution in [0, 0.1) is 5.82 Å². The van der Waals surface area contributed by atoms with E-state index in [1.54, 1.807) is 48.5 Å². The van der Waals surface area contributed by atoms with Gasteiger partial charge in [-0.1, -0.05) is 23.7 Å². The van der Waals surface area contributed by atoms with E-state index in [1.165, 1.54) is 24.5 Å². The molecule has 5 aromatic rings. The molecule has 5 rings (SSSR count). The van der Waals surface area contributed by atoms with Crippen LogP contribution in [0.25, 0.3) is 22.2 Å². The summed E-state index contributed by atoms with van der Waals surface area (Å²) >= 11 is 6.46. The van der Waals surface area contributed by atoms with Crippen LogP contribution in [0.3, 0.4) is 0 Å². The molecule has 51 heavy (non-hydrogen) atoms. The Labute approximate surface area is 347 Å². The minimum atomic E-state index is -5.65. The van der Waals surface area contributed by atoms with Gasteiger partial charge in [-0.2, -0.15) is 0 Å². The molecule has 14 nitrogen and oxygen atoms in total. The molecule has 0 saturated heterocycles. The van der Waals surface area contributed by atoms with Gasteiger partial charge in [-0.25, -0.2) is 27.6 Å². The largest absolute Gasteiger partial charge is 1.00 e. The zero-order valence-corrected chi connectivity index (χ0v) is 33.6. The molecule has 0 aliphatic rings. The molecule has 1 N–H and O–H groups in total. The number of nitrogens with zero attached hydrogens (tertiary/aromatic N) is 3. The van der Waals surface area contributed by atoms with Crippen molar-refractivity contribution in [2.75, 3.05) is 30.6 Å². The summed E-state index contributed by atoms with van der Waals surface area (Å²) in [5.74, 6) is -1.78. The van der Waals surface area contributed by atoms with Crippen LogP contribution in [-0.4, -0.2) is 54.7 Å².